The zero-order valence-electron chi connectivity index (χ0n) is 18.6. The molecule has 32 heavy (non-hydrogen) atoms. The van der Waals surface area contributed by atoms with Crippen molar-refractivity contribution in [2.75, 3.05) is 62.7 Å². The maximum atomic E-state index is 6.35. The number of rotatable bonds is 3. The summed E-state index contributed by atoms with van der Waals surface area (Å²) in [5.41, 5.74) is 3.08. The first-order chi connectivity index (χ1) is 15.8. The molecule has 4 aliphatic rings. The molecule has 6 heterocycles. The smallest absolute Gasteiger partial charge is 0.161 e. The first-order valence-corrected chi connectivity index (χ1v) is 11.8. The average Bonchev–Trinajstić information content (AvgIpc) is 2.94. The highest BCUT2D eigenvalue weighted by molar-refractivity contribution is 5.72. The van der Waals surface area contributed by atoms with Gasteiger partial charge in [0.25, 0.3) is 0 Å². The Morgan fingerprint density at radius 3 is 2.59 bits per heavy atom. The predicted molar refractivity (Wildman–Crippen MR) is 122 cm³/mol. The molecule has 0 aromatic carbocycles. The van der Waals surface area contributed by atoms with Crippen LogP contribution in [0.4, 0.5) is 17.3 Å². The van der Waals surface area contributed by atoms with Gasteiger partial charge in [0.2, 0.25) is 0 Å². The second-order valence-electron chi connectivity index (χ2n) is 9.17. The van der Waals surface area contributed by atoms with Crippen LogP contribution >= 0.6 is 0 Å². The molecular formula is C23H31N7O2. The summed E-state index contributed by atoms with van der Waals surface area (Å²) in [7, 11) is 0. The Labute approximate surface area is 188 Å². The van der Waals surface area contributed by atoms with E-state index in [1.54, 1.807) is 6.33 Å². The second kappa shape index (κ2) is 8.46. The summed E-state index contributed by atoms with van der Waals surface area (Å²) in [5.74, 6) is 3.00. The van der Waals surface area contributed by atoms with Crippen LogP contribution in [0.3, 0.4) is 0 Å². The van der Waals surface area contributed by atoms with Crippen molar-refractivity contribution in [3.8, 4) is 5.75 Å². The van der Waals surface area contributed by atoms with E-state index in [4.69, 9.17) is 14.5 Å². The van der Waals surface area contributed by atoms with Crippen molar-refractivity contribution in [1.82, 2.24) is 25.2 Å². The number of hydrogen-bond donors (Lipinski definition) is 2. The number of hydrogen-bond acceptors (Lipinski definition) is 9. The molecule has 0 bridgehead atoms. The molecule has 0 unspecified atom stereocenters. The summed E-state index contributed by atoms with van der Waals surface area (Å²) in [6, 6.07) is 2.89. The lowest BCUT2D eigenvalue weighted by Gasteiger charge is -2.42. The van der Waals surface area contributed by atoms with Gasteiger partial charge >= 0.3 is 0 Å². The number of ether oxygens (including phenoxy) is 2. The molecule has 9 heteroatoms. The fraction of sp³-hybridized carbons (Fsp3) is 0.609. The van der Waals surface area contributed by atoms with Gasteiger partial charge in [-0.05, 0) is 38.9 Å². The fourth-order valence-electron chi connectivity index (χ4n) is 5.23. The third kappa shape index (κ3) is 3.68. The Morgan fingerprint density at radius 2 is 1.84 bits per heavy atom. The molecule has 0 spiro atoms. The molecule has 2 aromatic heterocycles. The summed E-state index contributed by atoms with van der Waals surface area (Å²) < 4.78 is 11.9. The second-order valence-corrected chi connectivity index (χ2v) is 9.17. The van der Waals surface area contributed by atoms with Crippen molar-refractivity contribution in [2.45, 2.75) is 37.8 Å². The van der Waals surface area contributed by atoms with Gasteiger partial charge in [0.15, 0.2) is 5.75 Å². The average molecular weight is 438 g/mol. The lowest BCUT2D eigenvalue weighted by atomic mass is 9.91. The maximum Gasteiger partial charge on any atom is 0.161 e. The number of nitrogens with one attached hydrogen (secondary N) is 2. The number of aromatic nitrogens is 3. The number of nitrogens with zero attached hydrogens (tertiary/aromatic N) is 5. The van der Waals surface area contributed by atoms with Crippen LogP contribution in [-0.2, 0) is 4.74 Å². The molecule has 2 aromatic rings. The molecule has 3 saturated heterocycles. The third-order valence-corrected chi connectivity index (χ3v) is 7.25. The standard InChI is InChI=1S/C23H31N7O2/c1-15-21-22(26-14-27-23(21)30-6-8-31-9-7-30)28-19-10-18(25-13-20(19)32-15)16-2-4-29(5-3-16)17-11-24-12-17/h10,13-17,24H,2-9,11-12H2,1H3,(H,26,27,28)/t15-/m1/s1. The minimum Gasteiger partial charge on any atom is -0.482 e. The topological polar surface area (TPSA) is 87.7 Å². The van der Waals surface area contributed by atoms with Crippen LogP contribution in [0.5, 0.6) is 5.75 Å². The van der Waals surface area contributed by atoms with Crippen molar-refractivity contribution in [3.05, 3.63) is 29.8 Å². The number of piperidine rings is 1. The number of morpholine rings is 1. The highest BCUT2D eigenvalue weighted by Gasteiger charge is 2.31. The Morgan fingerprint density at radius 1 is 1.03 bits per heavy atom. The number of likely N-dealkylation sites (tertiary alicyclic amines) is 1. The van der Waals surface area contributed by atoms with E-state index in [1.165, 1.54) is 0 Å². The molecule has 0 radical (unpaired) electrons. The Kier molecular flexibility index (Phi) is 5.32. The zero-order valence-corrected chi connectivity index (χ0v) is 18.6. The minimum absolute atomic E-state index is 0.176. The Hall–Kier alpha value is -2.49. The van der Waals surface area contributed by atoms with E-state index in [0.717, 1.165) is 92.5 Å². The lowest BCUT2D eigenvalue weighted by molar-refractivity contribution is 0.112. The van der Waals surface area contributed by atoms with E-state index in [0.29, 0.717) is 19.1 Å². The minimum atomic E-state index is -0.176. The molecule has 0 amide bonds. The molecule has 1 atom stereocenters. The van der Waals surface area contributed by atoms with E-state index in [-0.39, 0.29) is 6.10 Å². The fourth-order valence-corrected chi connectivity index (χ4v) is 5.23. The highest BCUT2D eigenvalue weighted by Crippen LogP contribution is 2.42. The van der Waals surface area contributed by atoms with Gasteiger partial charge in [0.1, 0.15) is 24.1 Å². The van der Waals surface area contributed by atoms with E-state index in [1.807, 2.05) is 6.20 Å². The quantitative estimate of drug-likeness (QED) is 0.749. The van der Waals surface area contributed by atoms with Gasteiger partial charge < -0.3 is 25.0 Å². The third-order valence-electron chi connectivity index (χ3n) is 7.25. The zero-order chi connectivity index (χ0) is 21.5. The summed E-state index contributed by atoms with van der Waals surface area (Å²) in [6.07, 6.45) is 5.65. The van der Waals surface area contributed by atoms with Crippen LogP contribution in [0, 0.1) is 0 Å². The number of fused-ring (bicyclic) bond motifs is 2. The van der Waals surface area contributed by atoms with Crippen LogP contribution in [-0.4, -0.2) is 78.4 Å². The van der Waals surface area contributed by atoms with Gasteiger partial charge in [-0.15, -0.1) is 0 Å². The van der Waals surface area contributed by atoms with Crippen molar-refractivity contribution >= 4 is 17.3 Å². The van der Waals surface area contributed by atoms with Crippen molar-refractivity contribution in [1.29, 1.82) is 0 Å². The Bertz CT molecular complexity index is 969. The largest absolute Gasteiger partial charge is 0.482 e. The van der Waals surface area contributed by atoms with Crippen molar-refractivity contribution in [3.63, 3.8) is 0 Å². The van der Waals surface area contributed by atoms with E-state index in [2.05, 4.69) is 43.4 Å². The van der Waals surface area contributed by atoms with Crippen molar-refractivity contribution in [2.24, 2.45) is 0 Å². The van der Waals surface area contributed by atoms with E-state index in [9.17, 15) is 0 Å². The van der Waals surface area contributed by atoms with Gasteiger partial charge in [-0.1, -0.05) is 0 Å². The van der Waals surface area contributed by atoms with Crippen molar-refractivity contribution < 1.29 is 9.47 Å². The summed E-state index contributed by atoms with van der Waals surface area (Å²) in [6.45, 7) is 9.70. The van der Waals surface area contributed by atoms with Gasteiger partial charge in [-0.2, -0.15) is 0 Å². The monoisotopic (exact) mass is 437 g/mol. The van der Waals surface area contributed by atoms with Crippen LogP contribution < -0.4 is 20.3 Å². The van der Waals surface area contributed by atoms with E-state index >= 15 is 0 Å². The molecule has 9 nitrogen and oxygen atoms in total. The van der Waals surface area contributed by atoms with Crippen LogP contribution in [0.1, 0.15) is 43.0 Å². The van der Waals surface area contributed by atoms with Gasteiger partial charge in [0, 0.05) is 43.8 Å². The highest BCUT2D eigenvalue weighted by atomic mass is 16.5. The van der Waals surface area contributed by atoms with Gasteiger partial charge in [0.05, 0.1) is 30.7 Å². The molecule has 0 saturated carbocycles. The molecule has 6 rings (SSSR count). The number of anilines is 3. The van der Waals surface area contributed by atoms with Gasteiger partial charge in [-0.25, -0.2) is 9.97 Å². The van der Waals surface area contributed by atoms with Crippen LogP contribution in [0.25, 0.3) is 0 Å². The molecule has 170 valence electrons. The first-order valence-electron chi connectivity index (χ1n) is 11.8. The number of pyridine rings is 1. The predicted octanol–water partition coefficient (Wildman–Crippen LogP) is 2.06. The van der Waals surface area contributed by atoms with E-state index < -0.39 is 0 Å². The van der Waals surface area contributed by atoms with Crippen LogP contribution in [0.2, 0.25) is 0 Å². The summed E-state index contributed by atoms with van der Waals surface area (Å²) in [5, 5.41) is 6.93. The normalized spacial score (nSPS) is 24.5. The SMILES string of the molecule is C[C@H]1Oc2cnc(C3CCN(C4CNC4)CC3)cc2Nc2ncnc(N3CCOCC3)c21. The Balaban J connectivity index is 1.24. The molecule has 0 aliphatic carbocycles. The lowest BCUT2D eigenvalue weighted by Crippen LogP contribution is -2.58. The van der Waals surface area contributed by atoms with Gasteiger partial charge in [-0.3, -0.25) is 9.88 Å². The first kappa shape index (κ1) is 20.1. The summed E-state index contributed by atoms with van der Waals surface area (Å²) >= 11 is 0. The summed E-state index contributed by atoms with van der Waals surface area (Å²) in [4.78, 5) is 18.9. The molecular weight excluding hydrogens is 406 g/mol. The molecule has 2 N–H and O–H groups in total. The van der Waals surface area contributed by atoms with Crippen LogP contribution in [0.15, 0.2) is 18.6 Å². The molecule has 4 aliphatic heterocycles. The molecule has 3 fully saturated rings. The maximum absolute atomic E-state index is 6.35.